The number of aromatic nitrogens is 2. The van der Waals surface area contributed by atoms with Gasteiger partial charge in [-0.15, -0.1) is 0 Å². The van der Waals surface area contributed by atoms with Gasteiger partial charge in [-0.3, -0.25) is 14.3 Å². The quantitative estimate of drug-likeness (QED) is 0.608. The smallest absolute Gasteiger partial charge is 0.269 e. The van der Waals surface area contributed by atoms with Gasteiger partial charge in [-0.2, -0.15) is 5.10 Å². The molecular weight excluding hydrogens is 172 g/mol. The molecule has 0 radical (unpaired) electrons. The van der Waals surface area contributed by atoms with Gasteiger partial charge in [-0.1, -0.05) is 0 Å². The van der Waals surface area contributed by atoms with E-state index in [9.17, 15) is 9.59 Å². The molecule has 0 aliphatic rings. The maximum Gasteiger partial charge on any atom is 0.269 e. The number of hydrogen-bond acceptors (Lipinski definition) is 3. The van der Waals surface area contributed by atoms with Crippen LogP contribution in [-0.2, 0) is 7.05 Å². The third-order valence-electron chi connectivity index (χ3n) is 1.75. The molecule has 6 heteroatoms. The first-order chi connectivity index (χ1) is 5.95. The molecule has 2 amide bonds. The van der Waals surface area contributed by atoms with Crippen LogP contribution in [0.4, 0.5) is 0 Å². The predicted molar refractivity (Wildman–Crippen MR) is 45.0 cm³/mol. The highest BCUT2D eigenvalue weighted by Gasteiger charge is 2.19. The fraction of sp³-hybridized carbons (Fsp3) is 0.286. The molecule has 0 atom stereocenters. The summed E-state index contributed by atoms with van der Waals surface area (Å²) in [6.07, 6.45) is 0. The molecule has 0 unspecified atom stereocenters. The first-order valence-electron chi connectivity index (χ1n) is 3.58. The van der Waals surface area contributed by atoms with E-state index < -0.39 is 11.8 Å². The van der Waals surface area contributed by atoms with Crippen LogP contribution in [0.25, 0.3) is 0 Å². The van der Waals surface area contributed by atoms with Gasteiger partial charge >= 0.3 is 0 Å². The van der Waals surface area contributed by atoms with Crippen LogP contribution in [0.2, 0.25) is 0 Å². The molecule has 1 aromatic heterocycles. The van der Waals surface area contributed by atoms with Crippen molar-refractivity contribution in [1.29, 1.82) is 0 Å². The molecule has 70 valence electrons. The standard InChI is InChI=1S/C7H10N4O2/c1-3-4(6(8)12)10-11(2)5(3)7(9)13/h1-2H3,(H2,8,12)(H2,9,13). The zero-order chi connectivity index (χ0) is 10.2. The summed E-state index contributed by atoms with van der Waals surface area (Å²) in [5, 5.41) is 3.77. The van der Waals surface area contributed by atoms with E-state index in [1.54, 1.807) is 6.92 Å². The van der Waals surface area contributed by atoms with E-state index in [-0.39, 0.29) is 11.4 Å². The monoisotopic (exact) mass is 182 g/mol. The average molecular weight is 182 g/mol. The summed E-state index contributed by atoms with van der Waals surface area (Å²) < 4.78 is 1.25. The van der Waals surface area contributed by atoms with E-state index in [1.807, 2.05) is 0 Å². The summed E-state index contributed by atoms with van der Waals surface area (Å²) in [5.41, 5.74) is 10.8. The second kappa shape index (κ2) is 2.89. The second-order valence-electron chi connectivity index (χ2n) is 2.67. The minimum Gasteiger partial charge on any atom is -0.364 e. The van der Waals surface area contributed by atoms with Crippen LogP contribution in [0, 0.1) is 6.92 Å². The van der Waals surface area contributed by atoms with Gasteiger partial charge in [0.25, 0.3) is 11.8 Å². The van der Waals surface area contributed by atoms with E-state index in [2.05, 4.69) is 5.10 Å². The van der Waals surface area contributed by atoms with Crippen LogP contribution < -0.4 is 11.5 Å². The molecule has 0 fully saturated rings. The number of carbonyl (C=O) groups is 2. The van der Waals surface area contributed by atoms with Crippen LogP contribution in [0.1, 0.15) is 26.5 Å². The van der Waals surface area contributed by atoms with E-state index in [4.69, 9.17) is 11.5 Å². The lowest BCUT2D eigenvalue weighted by atomic mass is 10.2. The lowest BCUT2D eigenvalue weighted by molar-refractivity contribution is 0.0985. The highest BCUT2D eigenvalue weighted by molar-refractivity contribution is 5.98. The Morgan fingerprint density at radius 1 is 1.31 bits per heavy atom. The van der Waals surface area contributed by atoms with Crippen molar-refractivity contribution in [3.63, 3.8) is 0 Å². The summed E-state index contributed by atoms with van der Waals surface area (Å²) in [7, 11) is 1.53. The van der Waals surface area contributed by atoms with Crippen LogP contribution in [0.5, 0.6) is 0 Å². The molecule has 6 nitrogen and oxygen atoms in total. The Morgan fingerprint density at radius 3 is 2.08 bits per heavy atom. The van der Waals surface area contributed by atoms with Crippen molar-refractivity contribution in [2.24, 2.45) is 18.5 Å². The number of primary amides is 2. The molecule has 13 heavy (non-hydrogen) atoms. The zero-order valence-corrected chi connectivity index (χ0v) is 7.37. The lowest BCUT2D eigenvalue weighted by Crippen LogP contribution is -2.17. The Hall–Kier alpha value is -1.85. The fourth-order valence-corrected chi connectivity index (χ4v) is 1.21. The van der Waals surface area contributed by atoms with E-state index in [1.165, 1.54) is 11.7 Å². The zero-order valence-electron chi connectivity index (χ0n) is 7.37. The van der Waals surface area contributed by atoms with Crippen molar-refractivity contribution in [3.8, 4) is 0 Å². The van der Waals surface area contributed by atoms with Gasteiger partial charge in [-0.25, -0.2) is 0 Å². The molecule has 1 rings (SSSR count). The van der Waals surface area contributed by atoms with Crippen molar-refractivity contribution >= 4 is 11.8 Å². The van der Waals surface area contributed by atoms with Gasteiger partial charge in [-0.05, 0) is 6.92 Å². The number of aryl methyl sites for hydroxylation is 1. The number of rotatable bonds is 2. The number of nitrogens with zero attached hydrogens (tertiary/aromatic N) is 2. The Bertz CT molecular complexity index is 380. The van der Waals surface area contributed by atoms with E-state index in [0.29, 0.717) is 5.56 Å². The minimum atomic E-state index is -0.666. The summed E-state index contributed by atoms with van der Waals surface area (Å²) in [6.45, 7) is 1.58. The van der Waals surface area contributed by atoms with Gasteiger partial charge in [0.15, 0.2) is 5.69 Å². The summed E-state index contributed by atoms with van der Waals surface area (Å²) in [4.78, 5) is 21.7. The molecule has 0 bridgehead atoms. The molecular formula is C7H10N4O2. The minimum absolute atomic E-state index is 0.0799. The third-order valence-corrected chi connectivity index (χ3v) is 1.75. The highest BCUT2D eigenvalue weighted by atomic mass is 16.2. The number of nitrogens with two attached hydrogens (primary N) is 2. The van der Waals surface area contributed by atoms with Crippen molar-refractivity contribution in [3.05, 3.63) is 17.0 Å². The van der Waals surface area contributed by atoms with Crippen LogP contribution >= 0.6 is 0 Å². The Labute approximate surface area is 74.5 Å². The molecule has 4 N–H and O–H groups in total. The largest absolute Gasteiger partial charge is 0.364 e. The first-order valence-corrected chi connectivity index (χ1v) is 3.58. The Kier molecular flexibility index (Phi) is 2.05. The molecule has 1 aromatic rings. The topological polar surface area (TPSA) is 104 Å². The summed E-state index contributed by atoms with van der Waals surface area (Å²) in [6, 6.07) is 0. The first kappa shape index (κ1) is 9.24. The molecule has 0 aliphatic carbocycles. The molecule has 0 aromatic carbocycles. The van der Waals surface area contributed by atoms with Crippen LogP contribution in [0.3, 0.4) is 0 Å². The number of hydrogen-bond donors (Lipinski definition) is 2. The lowest BCUT2D eigenvalue weighted by Gasteiger charge is -1.95. The maximum atomic E-state index is 10.9. The fourth-order valence-electron chi connectivity index (χ4n) is 1.21. The number of carbonyl (C=O) groups excluding carboxylic acids is 2. The normalized spacial score (nSPS) is 10.0. The molecule has 0 saturated heterocycles. The summed E-state index contributed by atoms with van der Waals surface area (Å²) >= 11 is 0. The third kappa shape index (κ3) is 1.37. The van der Waals surface area contributed by atoms with E-state index in [0.717, 1.165) is 0 Å². The van der Waals surface area contributed by atoms with Crippen LogP contribution in [0.15, 0.2) is 0 Å². The van der Waals surface area contributed by atoms with Crippen molar-refractivity contribution in [2.45, 2.75) is 6.92 Å². The summed E-state index contributed by atoms with van der Waals surface area (Å²) in [5.74, 6) is -1.29. The second-order valence-corrected chi connectivity index (χ2v) is 2.67. The van der Waals surface area contributed by atoms with E-state index >= 15 is 0 Å². The highest BCUT2D eigenvalue weighted by Crippen LogP contribution is 2.10. The van der Waals surface area contributed by atoms with Gasteiger partial charge in [0, 0.05) is 12.6 Å². The Balaban J connectivity index is 3.39. The average Bonchev–Trinajstić information content (AvgIpc) is 2.26. The van der Waals surface area contributed by atoms with Gasteiger partial charge in [0.2, 0.25) is 0 Å². The maximum absolute atomic E-state index is 10.9. The predicted octanol–water partition coefficient (Wildman–Crippen LogP) is -1.07. The SMILES string of the molecule is Cc1c(C(N)=O)nn(C)c1C(N)=O. The number of amides is 2. The molecule has 1 heterocycles. The molecule has 0 saturated carbocycles. The van der Waals surface area contributed by atoms with Gasteiger partial charge in [0.05, 0.1) is 0 Å². The van der Waals surface area contributed by atoms with Crippen molar-refractivity contribution < 1.29 is 9.59 Å². The molecule has 0 aliphatic heterocycles. The Morgan fingerprint density at radius 2 is 1.85 bits per heavy atom. The van der Waals surface area contributed by atoms with Crippen molar-refractivity contribution in [2.75, 3.05) is 0 Å². The molecule has 0 spiro atoms. The van der Waals surface area contributed by atoms with Crippen molar-refractivity contribution in [1.82, 2.24) is 9.78 Å². The van der Waals surface area contributed by atoms with Gasteiger partial charge < -0.3 is 11.5 Å². The van der Waals surface area contributed by atoms with Gasteiger partial charge in [0.1, 0.15) is 5.69 Å². The van der Waals surface area contributed by atoms with Crippen LogP contribution in [-0.4, -0.2) is 21.6 Å².